The summed E-state index contributed by atoms with van der Waals surface area (Å²) in [5.74, 6) is -0.0916. The molecule has 0 saturated carbocycles. The number of esters is 1. The van der Waals surface area contributed by atoms with Crippen molar-refractivity contribution in [1.82, 2.24) is 0 Å². The molecule has 29 heavy (non-hydrogen) atoms. The molecule has 0 heterocycles. The third-order valence-corrected chi connectivity index (χ3v) is 4.74. The summed E-state index contributed by atoms with van der Waals surface area (Å²) in [4.78, 5) is 24.3. The fourth-order valence-corrected chi connectivity index (χ4v) is 3.04. The molecule has 3 aromatic rings. The molecule has 5 nitrogen and oxygen atoms in total. The molecule has 0 spiro atoms. The van der Waals surface area contributed by atoms with E-state index in [2.05, 4.69) is 21.2 Å². The van der Waals surface area contributed by atoms with E-state index in [0.29, 0.717) is 32.8 Å². The maximum absolute atomic E-state index is 12.4. The normalized spacial score (nSPS) is 10.3. The minimum absolute atomic E-state index is 0.244. The smallest absolute Gasteiger partial charge is 0.349 e. The fraction of sp³-hybridized carbons (Fsp3) is 0.0476. The second-order valence-electron chi connectivity index (χ2n) is 5.82. The summed E-state index contributed by atoms with van der Waals surface area (Å²) in [6.45, 7) is -0.244. The van der Waals surface area contributed by atoms with Gasteiger partial charge in [0.25, 0.3) is 5.91 Å². The van der Waals surface area contributed by atoms with Crippen molar-refractivity contribution in [3.63, 3.8) is 0 Å². The van der Waals surface area contributed by atoms with Gasteiger partial charge in [-0.3, -0.25) is 4.79 Å². The van der Waals surface area contributed by atoms with Crippen molar-refractivity contribution in [2.75, 3.05) is 11.9 Å². The molecular weight excluding hydrogens is 481 g/mol. The van der Waals surface area contributed by atoms with Crippen LogP contribution in [0.2, 0.25) is 10.0 Å². The van der Waals surface area contributed by atoms with Gasteiger partial charge in [-0.1, -0.05) is 45.2 Å². The highest BCUT2D eigenvalue weighted by Crippen LogP contribution is 2.26. The molecule has 148 valence electrons. The molecule has 0 aromatic heterocycles. The number of carbonyl (C=O) groups is 2. The lowest BCUT2D eigenvalue weighted by molar-refractivity contribution is -0.136. The third-order valence-electron chi connectivity index (χ3n) is 3.68. The van der Waals surface area contributed by atoms with Gasteiger partial charge in [-0.05, 0) is 60.7 Å². The predicted octanol–water partition coefficient (Wildman–Crippen LogP) is 5.99. The number of hydrogen-bond donors (Lipinski definition) is 1. The van der Waals surface area contributed by atoms with Crippen molar-refractivity contribution in [1.29, 1.82) is 0 Å². The molecule has 0 aliphatic carbocycles. The fourth-order valence-electron chi connectivity index (χ4n) is 2.32. The number of nitrogens with one attached hydrogen (secondary N) is 1. The van der Waals surface area contributed by atoms with Crippen LogP contribution >= 0.6 is 39.1 Å². The van der Waals surface area contributed by atoms with Crippen LogP contribution in [0.4, 0.5) is 5.69 Å². The number of rotatable bonds is 6. The molecule has 1 N–H and O–H groups in total. The average Bonchev–Trinajstić information content (AvgIpc) is 2.70. The minimum atomic E-state index is -0.562. The summed E-state index contributed by atoms with van der Waals surface area (Å²) < 4.78 is 11.4. The summed E-state index contributed by atoms with van der Waals surface area (Å²) >= 11 is 15.3. The van der Waals surface area contributed by atoms with Crippen LogP contribution in [0.5, 0.6) is 11.5 Å². The Kier molecular flexibility index (Phi) is 7.14. The highest BCUT2D eigenvalue weighted by molar-refractivity contribution is 9.10. The maximum Gasteiger partial charge on any atom is 0.349 e. The van der Waals surface area contributed by atoms with Crippen LogP contribution in [-0.2, 0) is 4.79 Å². The lowest BCUT2D eigenvalue weighted by Crippen LogP contribution is -2.18. The Morgan fingerprint density at radius 3 is 2.41 bits per heavy atom. The first kappa shape index (κ1) is 21.2. The molecule has 0 aliphatic rings. The van der Waals surface area contributed by atoms with Crippen molar-refractivity contribution in [2.45, 2.75) is 0 Å². The summed E-state index contributed by atoms with van der Waals surface area (Å²) in [7, 11) is 0. The first-order chi connectivity index (χ1) is 13.9. The Morgan fingerprint density at radius 1 is 0.931 bits per heavy atom. The lowest BCUT2D eigenvalue weighted by Gasteiger charge is -2.09. The number of hydrogen-bond acceptors (Lipinski definition) is 4. The molecule has 1 amide bonds. The molecule has 0 aliphatic heterocycles. The van der Waals surface area contributed by atoms with Crippen molar-refractivity contribution in [3.8, 4) is 11.5 Å². The van der Waals surface area contributed by atoms with Crippen LogP contribution in [0, 0.1) is 0 Å². The topological polar surface area (TPSA) is 64.6 Å². The third kappa shape index (κ3) is 6.22. The van der Waals surface area contributed by atoms with Gasteiger partial charge in [-0.15, -0.1) is 0 Å². The van der Waals surface area contributed by atoms with E-state index in [9.17, 15) is 9.59 Å². The molecule has 0 unspecified atom stereocenters. The van der Waals surface area contributed by atoms with Gasteiger partial charge < -0.3 is 14.8 Å². The van der Waals surface area contributed by atoms with E-state index in [-0.39, 0.29) is 12.5 Å². The number of halogens is 3. The Balaban J connectivity index is 1.56. The van der Waals surface area contributed by atoms with Crippen molar-refractivity contribution >= 4 is 56.7 Å². The van der Waals surface area contributed by atoms with Gasteiger partial charge in [0.05, 0.1) is 10.7 Å². The molecule has 8 heteroatoms. The first-order valence-corrected chi connectivity index (χ1v) is 9.91. The number of ether oxygens (including phenoxy) is 2. The van der Waals surface area contributed by atoms with E-state index in [0.717, 1.165) is 4.47 Å². The van der Waals surface area contributed by atoms with E-state index >= 15 is 0 Å². The van der Waals surface area contributed by atoms with Crippen LogP contribution < -0.4 is 14.8 Å². The molecule has 0 fully saturated rings. The standard InChI is InChI=1S/C21H14BrCl2NO4/c22-14-2-1-3-17(10-14)28-12-20(26)29-16-7-4-13(5-8-16)21(27)25-19-11-15(23)6-9-18(19)24/h1-11H,12H2,(H,25,27). The van der Waals surface area contributed by atoms with Gasteiger partial charge in [0.1, 0.15) is 11.5 Å². The van der Waals surface area contributed by atoms with Gasteiger partial charge in [-0.2, -0.15) is 0 Å². The van der Waals surface area contributed by atoms with E-state index in [4.69, 9.17) is 32.7 Å². The predicted molar refractivity (Wildman–Crippen MR) is 116 cm³/mol. The molecule has 0 radical (unpaired) electrons. The van der Waals surface area contributed by atoms with Gasteiger partial charge in [0.15, 0.2) is 6.61 Å². The van der Waals surface area contributed by atoms with Gasteiger partial charge in [0, 0.05) is 15.1 Å². The highest BCUT2D eigenvalue weighted by atomic mass is 79.9. The van der Waals surface area contributed by atoms with Crippen molar-refractivity contribution in [3.05, 3.63) is 86.8 Å². The summed E-state index contributed by atoms with van der Waals surface area (Å²) in [6.07, 6.45) is 0. The van der Waals surface area contributed by atoms with Gasteiger partial charge >= 0.3 is 5.97 Å². The number of benzene rings is 3. The summed E-state index contributed by atoms with van der Waals surface area (Å²) in [5, 5.41) is 3.51. The van der Waals surface area contributed by atoms with Crippen LogP contribution in [0.25, 0.3) is 0 Å². The largest absolute Gasteiger partial charge is 0.482 e. The summed E-state index contributed by atoms with van der Waals surface area (Å²) in [6, 6.07) is 18.0. The van der Waals surface area contributed by atoms with Crippen LogP contribution in [0.3, 0.4) is 0 Å². The second-order valence-corrected chi connectivity index (χ2v) is 7.58. The average molecular weight is 495 g/mol. The zero-order valence-corrected chi connectivity index (χ0v) is 17.9. The minimum Gasteiger partial charge on any atom is -0.482 e. The van der Waals surface area contributed by atoms with Crippen LogP contribution in [0.1, 0.15) is 10.4 Å². The Labute approximate surface area is 185 Å². The molecule has 3 aromatic carbocycles. The SMILES string of the molecule is O=C(COc1cccc(Br)c1)Oc1ccc(C(=O)Nc2cc(Cl)ccc2Cl)cc1. The van der Waals surface area contributed by atoms with Gasteiger partial charge in [0.2, 0.25) is 0 Å². The van der Waals surface area contributed by atoms with E-state index in [1.54, 1.807) is 36.4 Å². The Morgan fingerprint density at radius 2 is 1.69 bits per heavy atom. The monoisotopic (exact) mass is 493 g/mol. The molecular formula is C21H14BrCl2NO4. The number of carbonyl (C=O) groups excluding carboxylic acids is 2. The lowest BCUT2D eigenvalue weighted by atomic mass is 10.2. The van der Waals surface area contributed by atoms with E-state index in [1.807, 2.05) is 6.07 Å². The highest BCUT2D eigenvalue weighted by Gasteiger charge is 2.11. The van der Waals surface area contributed by atoms with Crippen molar-refractivity contribution in [2.24, 2.45) is 0 Å². The Hall–Kier alpha value is -2.54. The second kappa shape index (κ2) is 9.78. The molecule has 0 atom stereocenters. The zero-order chi connectivity index (χ0) is 20.8. The maximum atomic E-state index is 12.4. The van der Waals surface area contributed by atoms with E-state index in [1.165, 1.54) is 24.3 Å². The Bertz CT molecular complexity index is 1040. The molecule has 0 saturated heterocycles. The van der Waals surface area contributed by atoms with Crippen molar-refractivity contribution < 1.29 is 19.1 Å². The van der Waals surface area contributed by atoms with Gasteiger partial charge in [-0.25, -0.2) is 4.79 Å². The number of anilines is 1. The van der Waals surface area contributed by atoms with Crippen LogP contribution in [0.15, 0.2) is 71.2 Å². The quantitative estimate of drug-likeness (QED) is 0.337. The van der Waals surface area contributed by atoms with Crippen LogP contribution in [-0.4, -0.2) is 18.5 Å². The molecule has 0 bridgehead atoms. The first-order valence-electron chi connectivity index (χ1n) is 8.36. The summed E-state index contributed by atoms with van der Waals surface area (Å²) in [5.41, 5.74) is 0.774. The molecule has 3 rings (SSSR count). The number of amides is 1. The zero-order valence-electron chi connectivity index (χ0n) is 14.8. The van der Waals surface area contributed by atoms with E-state index < -0.39 is 5.97 Å².